The van der Waals surface area contributed by atoms with E-state index in [4.69, 9.17) is 10.5 Å². The summed E-state index contributed by atoms with van der Waals surface area (Å²) >= 11 is 0. The summed E-state index contributed by atoms with van der Waals surface area (Å²) in [6, 6.07) is 9.80. The van der Waals surface area contributed by atoms with E-state index < -0.39 is 10.8 Å². The van der Waals surface area contributed by atoms with Gasteiger partial charge in [0.1, 0.15) is 17.5 Å². The molecule has 0 fully saturated rings. The van der Waals surface area contributed by atoms with Gasteiger partial charge in [-0.2, -0.15) is 0 Å². The molecule has 0 radical (unpaired) electrons. The highest BCUT2D eigenvalue weighted by atomic mass is 16.6. The van der Waals surface area contributed by atoms with E-state index in [2.05, 4.69) is 9.97 Å². The molecule has 0 aliphatic rings. The first-order valence-electron chi connectivity index (χ1n) is 6.51. The molecule has 2 heterocycles. The van der Waals surface area contributed by atoms with Crippen LogP contribution in [0.1, 0.15) is 10.4 Å². The standard InChI is InChI=1S/C15H10N4O4/c16-14(20)12-7-10(19(21)22)8-18-15(12)23-11-3-4-13-9(6-11)2-1-5-17-13/h1-8H,(H2,16,20). The molecule has 0 bridgehead atoms. The maximum Gasteiger partial charge on any atom is 0.288 e. The van der Waals surface area contributed by atoms with E-state index in [9.17, 15) is 14.9 Å². The van der Waals surface area contributed by atoms with Crippen molar-refractivity contribution in [3.63, 3.8) is 0 Å². The molecule has 0 spiro atoms. The molecule has 3 aromatic rings. The fourth-order valence-electron chi connectivity index (χ4n) is 2.03. The summed E-state index contributed by atoms with van der Waals surface area (Å²) in [7, 11) is 0. The van der Waals surface area contributed by atoms with Gasteiger partial charge in [0.25, 0.3) is 11.6 Å². The molecule has 0 aliphatic heterocycles. The molecule has 0 unspecified atom stereocenters. The van der Waals surface area contributed by atoms with Crippen LogP contribution in [-0.2, 0) is 0 Å². The van der Waals surface area contributed by atoms with Crippen molar-refractivity contribution in [2.75, 3.05) is 0 Å². The summed E-state index contributed by atoms with van der Waals surface area (Å²) in [5, 5.41) is 11.6. The molecule has 2 N–H and O–H groups in total. The number of primary amides is 1. The third-order valence-electron chi connectivity index (χ3n) is 3.10. The number of nitrogens with two attached hydrogens (primary N) is 1. The van der Waals surface area contributed by atoms with Crippen LogP contribution in [-0.4, -0.2) is 20.8 Å². The molecule has 0 saturated carbocycles. The predicted octanol–water partition coefficient (Wildman–Crippen LogP) is 2.43. The normalized spacial score (nSPS) is 10.4. The number of nitro groups is 1. The molecule has 0 aliphatic carbocycles. The van der Waals surface area contributed by atoms with Gasteiger partial charge in [0, 0.05) is 17.6 Å². The van der Waals surface area contributed by atoms with Crippen LogP contribution in [0.2, 0.25) is 0 Å². The molecule has 3 rings (SSSR count). The van der Waals surface area contributed by atoms with Crippen LogP contribution in [0.15, 0.2) is 48.8 Å². The summed E-state index contributed by atoms with van der Waals surface area (Å²) in [5.41, 5.74) is 5.52. The van der Waals surface area contributed by atoms with E-state index in [1.165, 1.54) is 0 Å². The second-order valence-corrected chi connectivity index (χ2v) is 4.63. The van der Waals surface area contributed by atoms with Gasteiger partial charge in [0.15, 0.2) is 0 Å². The van der Waals surface area contributed by atoms with E-state index in [-0.39, 0.29) is 17.1 Å². The number of carbonyl (C=O) groups is 1. The average molecular weight is 310 g/mol. The van der Waals surface area contributed by atoms with Crippen LogP contribution >= 0.6 is 0 Å². The molecule has 2 aromatic heterocycles. The molecule has 114 valence electrons. The molecule has 0 atom stereocenters. The van der Waals surface area contributed by atoms with Gasteiger partial charge in [-0.05, 0) is 24.3 Å². The number of amides is 1. The maximum atomic E-state index is 11.5. The highest BCUT2D eigenvalue weighted by Crippen LogP contribution is 2.27. The lowest BCUT2D eigenvalue weighted by Gasteiger charge is -2.08. The van der Waals surface area contributed by atoms with Crippen LogP contribution in [0, 0.1) is 10.1 Å². The second-order valence-electron chi connectivity index (χ2n) is 4.63. The van der Waals surface area contributed by atoms with Gasteiger partial charge in [-0.15, -0.1) is 0 Å². The van der Waals surface area contributed by atoms with Gasteiger partial charge in [-0.3, -0.25) is 19.9 Å². The second kappa shape index (κ2) is 5.68. The highest BCUT2D eigenvalue weighted by Gasteiger charge is 2.18. The smallest absolute Gasteiger partial charge is 0.288 e. The van der Waals surface area contributed by atoms with Crippen molar-refractivity contribution >= 4 is 22.5 Å². The lowest BCUT2D eigenvalue weighted by molar-refractivity contribution is -0.385. The number of aromatic nitrogens is 2. The Morgan fingerprint density at radius 3 is 2.78 bits per heavy atom. The molecule has 8 nitrogen and oxygen atoms in total. The van der Waals surface area contributed by atoms with E-state index in [0.717, 1.165) is 23.2 Å². The van der Waals surface area contributed by atoms with Crippen molar-refractivity contribution in [1.29, 1.82) is 0 Å². The Hall–Kier alpha value is -3.55. The minimum absolute atomic E-state index is 0.0914. The lowest BCUT2D eigenvalue weighted by Crippen LogP contribution is -2.13. The number of hydrogen-bond donors (Lipinski definition) is 1. The van der Waals surface area contributed by atoms with E-state index in [1.54, 1.807) is 30.5 Å². The molecular formula is C15H10N4O4. The Bertz CT molecular complexity index is 926. The zero-order chi connectivity index (χ0) is 16.4. The Kier molecular flexibility index (Phi) is 3.55. The van der Waals surface area contributed by atoms with Gasteiger partial charge in [-0.25, -0.2) is 4.98 Å². The summed E-state index contributed by atoms with van der Waals surface area (Å²) in [6.07, 6.45) is 2.68. The summed E-state index contributed by atoms with van der Waals surface area (Å²) in [6.45, 7) is 0. The number of benzene rings is 1. The SMILES string of the molecule is NC(=O)c1cc([N+](=O)[O-])cnc1Oc1ccc2ncccc2c1. The first-order chi connectivity index (χ1) is 11.0. The summed E-state index contributed by atoms with van der Waals surface area (Å²) in [4.78, 5) is 29.6. The zero-order valence-corrected chi connectivity index (χ0v) is 11.7. The fourth-order valence-corrected chi connectivity index (χ4v) is 2.03. The molecule has 0 saturated heterocycles. The zero-order valence-electron chi connectivity index (χ0n) is 11.7. The Balaban J connectivity index is 2.00. The third-order valence-corrected chi connectivity index (χ3v) is 3.10. The van der Waals surface area contributed by atoms with Gasteiger partial charge >= 0.3 is 0 Å². The fraction of sp³-hybridized carbons (Fsp3) is 0. The minimum atomic E-state index is -0.862. The summed E-state index contributed by atoms with van der Waals surface area (Å²) < 4.78 is 5.55. The topological polar surface area (TPSA) is 121 Å². The van der Waals surface area contributed by atoms with E-state index in [1.807, 2.05) is 6.07 Å². The number of pyridine rings is 2. The van der Waals surface area contributed by atoms with Crippen molar-refractivity contribution < 1.29 is 14.5 Å². The number of rotatable bonds is 4. The maximum absolute atomic E-state index is 11.5. The van der Waals surface area contributed by atoms with Crippen LogP contribution in [0.3, 0.4) is 0 Å². The Morgan fingerprint density at radius 1 is 1.22 bits per heavy atom. The quantitative estimate of drug-likeness (QED) is 0.583. The van der Waals surface area contributed by atoms with Crippen molar-refractivity contribution in [2.45, 2.75) is 0 Å². The largest absolute Gasteiger partial charge is 0.438 e. The van der Waals surface area contributed by atoms with Crippen molar-refractivity contribution in [3.8, 4) is 11.6 Å². The van der Waals surface area contributed by atoms with Crippen molar-refractivity contribution in [1.82, 2.24) is 9.97 Å². The number of ether oxygens (including phenoxy) is 1. The first-order valence-corrected chi connectivity index (χ1v) is 6.51. The number of carbonyl (C=O) groups excluding carboxylic acids is 1. The number of fused-ring (bicyclic) bond motifs is 1. The van der Waals surface area contributed by atoms with E-state index >= 15 is 0 Å². The summed E-state index contributed by atoms with van der Waals surface area (Å²) in [5.74, 6) is -0.542. The molecule has 1 aromatic carbocycles. The number of nitrogens with zero attached hydrogens (tertiary/aromatic N) is 3. The van der Waals surface area contributed by atoms with Gasteiger partial charge in [-0.1, -0.05) is 6.07 Å². The highest BCUT2D eigenvalue weighted by molar-refractivity contribution is 5.95. The van der Waals surface area contributed by atoms with Crippen LogP contribution in [0.5, 0.6) is 11.6 Å². The van der Waals surface area contributed by atoms with Crippen LogP contribution in [0.4, 0.5) is 5.69 Å². The lowest BCUT2D eigenvalue weighted by atomic mass is 10.2. The molecule has 8 heteroatoms. The van der Waals surface area contributed by atoms with E-state index in [0.29, 0.717) is 5.75 Å². The van der Waals surface area contributed by atoms with Gasteiger partial charge in [0.05, 0.1) is 10.4 Å². The minimum Gasteiger partial charge on any atom is -0.438 e. The van der Waals surface area contributed by atoms with Crippen molar-refractivity contribution in [3.05, 3.63) is 64.5 Å². The first kappa shape index (κ1) is 14.4. The molecule has 1 amide bonds. The van der Waals surface area contributed by atoms with Crippen LogP contribution < -0.4 is 10.5 Å². The van der Waals surface area contributed by atoms with Crippen molar-refractivity contribution in [2.24, 2.45) is 5.73 Å². The van der Waals surface area contributed by atoms with Gasteiger partial charge in [0.2, 0.25) is 5.88 Å². The monoisotopic (exact) mass is 310 g/mol. The van der Waals surface area contributed by atoms with Gasteiger partial charge < -0.3 is 10.5 Å². The Morgan fingerprint density at radius 2 is 2.04 bits per heavy atom. The van der Waals surface area contributed by atoms with Crippen LogP contribution in [0.25, 0.3) is 10.9 Å². The third kappa shape index (κ3) is 2.91. The number of hydrogen-bond acceptors (Lipinski definition) is 6. The average Bonchev–Trinajstić information content (AvgIpc) is 2.54. The molecule has 23 heavy (non-hydrogen) atoms. The Labute approximate surface area is 129 Å². The predicted molar refractivity (Wildman–Crippen MR) is 81.2 cm³/mol. The molecular weight excluding hydrogens is 300 g/mol.